The van der Waals surface area contributed by atoms with Crippen molar-refractivity contribution in [1.82, 2.24) is 10.9 Å². The highest BCUT2D eigenvalue weighted by Crippen LogP contribution is 2.44. The molecule has 0 aromatic heterocycles. The van der Waals surface area contributed by atoms with E-state index < -0.39 is 11.3 Å². The summed E-state index contributed by atoms with van der Waals surface area (Å²) in [6.45, 7) is 1.93. The minimum absolute atomic E-state index is 0.229. The van der Waals surface area contributed by atoms with Crippen molar-refractivity contribution in [2.75, 3.05) is 26.4 Å². The number of rotatable bonds is 3. The van der Waals surface area contributed by atoms with Crippen molar-refractivity contribution in [1.29, 1.82) is 0 Å². The number of hydrogen-bond acceptors (Lipinski definition) is 6. The van der Waals surface area contributed by atoms with Crippen LogP contribution in [0.2, 0.25) is 0 Å². The minimum Gasteiger partial charge on any atom is -0.486 e. The van der Waals surface area contributed by atoms with Crippen molar-refractivity contribution in [3.63, 3.8) is 0 Å². The largest absolute Gasteiger partial charge is 0.486 e. The van der Waals surface area contributed by atoms with Gasteiger partial charge in [0.1, 0.15) is 26.4 Å². The maximum absolute atomic E-state index is 13.3. The fourth-order valence-electron chi connectivity index (χ4n) is 4.46. The lowest BCUT2D eigenvalue weighted by atomic mass is 9.78. The van der Waals surface area contributed by atoms with E-state index in [0.717, 1.165) is 18.4 Å². The number of fused-ring (bicyclic) bond motifs is 2. The van der Waals surface area contributed by atoms with E-state index >= 15 is 0 Å². The summed E-state index contributed by atoms with van der Waals surface area (Å²) < 4.78 is 22.3. The Labute approximate surface area is 179 Å². The fourth-order valence-corrected chi connectivity index (χ4v) is 4.46. The number of hydrogen-bond donors (Lipinski definition) is 2. The van der Waals surface area contributed by atoms with Gasteiger partial charge in [-0.1, -0.05) is 18.9 Å². The molecular formula is C23H24N2O6. The topological polar surface area (TPSA) is 95.1 Å². The van der Waals surface area contributed by atoms with Crippen molar-refractivity contribution < 1.29 is 28.5 Å². The molecule has 2 aliphatic heterocycles. The summed E-state index contributed by atoms with van der Waals surface area (Å²) in [6, 6.07) is 10.6. The molecule has 0 saturated heterocycles. The molecule has 2 N–H and O–H groups in total. The van der Waals surface area contributed by atoms with E-state index in [4.69, 9.17) is 18.9 Å². The van der Waals surface area contributed by atoms with Crippen LogP contribution in [-0.2, 0) is 10.2 Å². The van der Waals surface area contributed by atoms with E-state index in [0.29, 0.717) is 67.8 Å². The lowest BCUT2D eigenvalue weighted by Crippen LogP contribution is -2.50. The molecule has 0 unspecified atom stereocenters. The Balaban J connectivity index is 1.31. The van der Waals surface area contributed by atoms with Gasteiger partial charge in [0.25, 0.3) is 5.91 Å². The minimum atomic E-state index is -0.712. The Morgan fingerprint density at radius 1 is 0.710 bits per heavy atom. The van der Waals surface area contributed by atoms with Crippen LogP contribution in [0.4, 0.5) is 0 Å². The van der Waals surface area contributed by atoms with Crippen LogP contribution in [-0.4, -0.2) is 38.2 Å². The molecule has 8 nitrogen and oxygen atoms in total. The summed E-state index contributed by atoms with van der Waals surface area (Å²) in [5.41, 5.74) is 5.73. The second kappa shape index (κ2) is 8.02. The first-order valence-corrected chi connectivity index (χ1v) is 10.6. The first-order chi connectivity index (χ1) is 15.2. The second-order valence-electron chi connectivity index (χ2n) is 7.91. The van der Waals surface area contributed by atoms with Crippen molar-refractivity contribution in [2.24, 2.45) is 0 Å². The predicted octanol–water partition coefficient (Wildman–Crippen LogP) is 2.50. The van der Waals surface area contributed by atoms with E-state index in [2.05, 4.69) is 10.9 Å². The summed E-state index contributed by atoms with van der Waals surface area (Å²) in [4.78, 5) is 25.9. The summed E-state index contributed by atoms with van der Waals surface area (Å²) in [7, 11) is 0. The van der Waals surface area contributed by atoms with Crippen LogP contribution in [0.1, 0.15) is 41.6 Å². The lowest BCUT2D eigenvalue weighted by Gasteiger charge is -2.29. The number of hydrazine groups is 1. The molecule has 2 heterocycles. The Morgan fingerprint density at radius 2 is 1.29 bits per heavy atom. The smallest absolute Gasteiger partial charge is 0.269 e. The van der Waals surface area contributed by atoms with Gasteiger partial charge in [-0.3, -0.25) is 20.4 Å². The maximum atomic E-state index is 13.3. The zero-order valence-electron chi connectivity index (χ0n) is 17.1. The van der Waals surface area contributed by atoms with Crippen LogP contribution in [0, 0.1) is 0 Å². The van der Waals surface area contributed by atoms with Gasteiger partial charge < -0.3 is 18.9 Å². The lowest BCUT2D eigenvalue weighted by molar-refractivity contribution is -0.127. The Kier molecular flexibility index (Phi) is 5.05. The molecule has 2 aromatic rings. The van der Waals surface area contributed by atoms with Gasteiger partial charge >= 0.3 is 0 Å². The van der Waals surface area contributed by atoms with Crippen LogP contribution in [0.3, 0.4) is 0 Å². The number of ether oxygens (including phenoxy) is 4. The molecule has 162 valence electrons. The number of amides is 2. The Bertz CT molecular complexity index is 1020. The monoisotopic (exact) mass is 424 g/mol. The molecular weight excluding hydrogens is 400 g/mol. The van der Waals surface area contributed by atoms with Crippen LogP contribution in [0.25, 0.3) is 0 Å². The third kappa shape index (κ3) is 3.62. The zero-order chi connectivity index (χ0) is 21.3. The molecule has 2 aromatic carbocycles. The molecule has 8 heteroatoms. The molecule has 3 aliphatic rings. The van der Waals surface area contributed by atoms with Crippen molar-refractivity contribution in [2.45, 2.75) is 31.1 Å². The maximum Gasteiger partial charge on any atom is 0.269 e. The van der Waals surface area contributed by atoms with Crippen molar-refractivity contribution in [3.8, 4) is 23.0 Å². The molecule has 0 atom stereocenters. The molecule has 0 spiro atoms. The molecule has 1 aliphatic carbocycles. The van der Waals surface area contributed by atoms with Gasteiger partial charge in [0.2, 0.25) is 5.91 Å². The number of benzene rings is 2. The van der Waals surface area contributed by atoms with Crippen molar-refractivity contribution >= 4 is 11.8 Å². The molecule has 0 bridgehead atoms. The van der Waals surface area contributed by atoms with Crippen LogP contribution >= 0.6 is 0 Å². The fraction of sp³-hybridized carbons (Fsp3) is 0.391. The highest BCUT2D eigenvalue weighted by atomic mass is 16.6. The van der Waals surface area contributed by atoms with Crippen LogP contribution in [0.5, 0.6) is 23.0 Å². The summed E-state index contributed by atoms with van der Waals surface area (Å²) in [5.74, 6) is 1.83. The quantitative estimate of drug-likeness (QED) is 0.736. The summed E-state index contributed by atoms with van der Waals surface area (Å²) >= 11 is 0. The molecule has 1 fully saturated rings. The Morgan fingerprint density at radius 3 is 1.97 bits per heavy atom. The van der Waals surface area contributed by atoms with Gasteiger partial charge in [-0.25, -0.2) is 0 Å². The average Bonchev–Trinajstić information content (AvgIpc) is 3.33. The van der Waals surface area contributed by atoms with Crippen LogP contribution < -0.4 is 29.8 Å². The van der Waals surface area contributed by atoms with Gasteiger partial charge in [0.15, 0.2) is 23.0 Å². The van der Waals surface area contributed by atoms with E-state index in [9.17, 15) is 9.59 Å². The van der Waals surface area contributed by atoms with Gasteiger partial charge in [-0.2, -0.15) is 0 Å². The number of carbonyl (C=O) groups is 2. The first kappa shape index (κ1) is 19.5. The van der Waals surface area contributed by atoms with E-state index in [1.165, 1.54) is 0 Å². The highest BCUT2D eigenvalue weighted by Gasteiger charge is 2.43. The summed E-state index contributed by atoms with van der Waals surface area (Å²) in [5, 5.41) is 0. The third-order valence-corrected chi connectivity index (χ3v) is 6.08. The number of carbonyl (C=O) groups excluding carboxylic acids is 2. The van der Waals surface area contributed by atoms with E-state index in [1.807, 2.05) is 18.2 Å². The van der Waals surface area contributed by atoms with Gasteiger partial charge in [-0.05, 0) is 48.7 Å². The molecule has 0 radical (unpaired) electrons. The SMILES string of the molecule is O=C(NNC(=O)C1(c2ccc3c(c2)OCCO3)CCCC1)c1ccc2c(c1)OCCO2. The third-order valence-electron chi connectivity index (χ3n) is 6.08. The second-order valence-corrected chi connectivity index (χ2v) is 7.91. The number of nitrogens with one attached hydrogen (secondary N) is 2. The molecule has 2 amide bonds. The average molecular weight is 424 g/mol. The Hall–Kier alpha value is -3.42. The van der Waals surface area contributed by atoms with Crippen LogP contribution in [0.15, 0.2) is 36.4 Å². The standard InChI is InChI=1S/C23H24N2O6/c26-21(15-3-5-17-19(13-15)30-11-9-28-17)24-25-22(27)23(7-1-2-8-23)16-4-6-18-20(14-16)31-12-10-29-18/h3-6,13-14H,1-2,7-12H2,(H,24,26)(H,25,27). The predicted molar refractivity (Wildman–Crippen MR) is 111 cm³/mol. The van der Waals surface area contributed by atoms with Gasteiger partial charge in [-0.15, -0.1) is 0 Å². The van der Waals surface area contributed by atoms with E-state index in [-0.39, 0.29) is 5.91 Å². The molecule has 5 rings (SSSR count). The molecule has 31 heavy (non-hydrogen) atoms. The summed E-state index contributed by atoms with van der Waals surface area (Å²) in [6.07, 6.45) is 3.30. The first-order valence-electron chi connectivity index (χ1n) is 10.6. The van der Waals surface area contributed by atoms with Crippen molar-refractivity contribution in [3.05, 3.63) is 47.5 Å². The molecule has 1 saturated carbocycles. The highest BCUT2D eigenvalue weighted by molar-refractivity contribution is 5.97. The van der Waals surface area contributed by atoms with Gasteiger partial charge in [0, 0.05) is 5.56 Å². The normalized spacial score (nSPS) is 18.2. The zero-order valence-corrected chi connectivity index (χ0v) is 17.1. The van der Waals surface area contributed by atoms with E-state index in [1.54, 1.807) is 18.2 Å². The van der Waals surface area contributed by atoms with Gasteiger partial charge in [0.05, 0.1) is 5.41 Å².